The van der Waals surface area contributed by atoms with Crippen molar-refractivity contribution in [2.75, 3.05) is 0 Å². The summed E-state index contributed by atoms with van der Waals surface area (Å²) in [6.07, 6.45) is 29.4. The average molecular weight is 620 g/mol. The molecule has 0 fully saturated rings. The third-order valence-electron chi connectivity index (χ3n) is 7.62. The Morgan fingerprint density at radius 1 is 0.649 bits per heavy atom. The second-order valence-electron chi connectivity index (χ2n) is 10.5. The summed E-state index contributed by atoms with van der Waals surface area (Å²) in [7, 11) is -0.343. The van der Waals surface area contributed by atoms with Gasteiger partial charge in [-0.25, -0.2) is 16.8 Å². The molecule has 0 radical (unpaired) electrons. The van der Waals surface area contributed by atoms with Crippen LogP contribution in [0.3, 0.4) is 0 Å². The molecule has 1 aliphatic rings. The molecule has 1 atom stereocenters. The Hall–Kier alpha value is 0.501. The Morgan fingerprint density at radius 2 is 1.08 bits per heavy atom. The zero-order chi connectivity index (χ0) is 23.6. The van der Waals surface area contributed by atoms with E-state index in [0.29, 0.717) is 5.92 Å². The first-order chi connectivity index (χ1) is 16.3. The van der Waals surface area contributed by atoms with Crippen LogP contribution < -0.4 is 42.4 Å². The molecule has 0 bridgehead atoms. The molecule has 0 saturated carbocycles. The summed E-state index contributed by atoms with van der Waals surface area (Å²) in [5.74, 6) is 0.707. The molecule has 0 spiro atoms. The van der Waals surface area contributed by atoms with Crippen molar-refractivity contribution in [2.45, 2.75) is 136 Å². The van der Waals surface area contributed by atoms with Gasteiger partial charge < -0.3 is 37.2 Å². The van der Waals surface area contributed by atoms with Crippen LogP contribution in [0.15, 0.2) is 46.7 Å². The van der Waals surface area contributed by atoms with E-state index in [2.05, 4.69) is 57.2 Å². The molecule has 0 saturated heterocycles. The Morgan fingerprint density at radius 3 is 1.51 bits per heavy atom. The molecular weight excluding hydrogens is 567 g/mol. The predicted octanol–water partition coefficient (Wildman–Crippen LogP) is 0.185. The zero-order valence-electron chi connectivity index (χ0n) is 24.0. The maximum absolute atomic E-state index is 3.76. The van der Waals surface area contributed by atoms with Gasteiger partial charge in [0.2, 0.25) is 0 Å². The van der Waals surface area contributed by atoms with Gasteiger partial charge in [-0.1, -0.05) is 178 Å². The summed E-state index contributed by atoms with van der Waals surface area (Å²) in [5.41, 5.74) is 3.07. The van der Waals surface area contributed by atoms with Crippen LogP contribution in [-0.2, 0) is 21.7 Å². The summed E-state index contributed by atoms with van der Waals surface area (Å²) in [6, 6.07) is 11.2. The molecule has 5 heteroatoms. The fourth-order valence-electron chi connectivity index (χ4n) is 5.53. The molecule has 0 aromatic heterocycles. The molecule has 0 N–H and O–H groups in total. The molecule has 0 heterocycles. The SMILES string of the molecule is CCCCCCCCCCCCCCCCCCC1C(C)=[C-]C(CC)=C1[SiH2]c1ccccc1.[Cl-].[Cl-].[Cl-].[Ti+4]. The maximum Gasteiger partial charge on any atom is 4.00 e. The Bertz CT molecular complexity index is 691. The zero-order valence-corrected chi connectivity index (χ0v) is 29.3. The van der Waals surface area contributed by atoms with Gasteiger partial charge in [0.1, 0.15) is 0 Å². The van der Waals surface area contributed by atoms with E-state index in [1.54, 1.807) is 16.0 Å². The molecular formula is C32H53Cl3SiTi. The fourth-order valence-corrected chi connectivity index (χ4v) is 7.78. The van der Waals surface area contributed by atoms with Crippen LogP contribution in [0, 0.1) is 12.0 Å². The summed E-state index contributed by atoms with van der Waals surface area (Å²) >= 11 is 0. The maximum atomic E-state index is 3.76. The van der Waals surface area contributed by atoms with Crippen LogP contribution in [0.5, 0.6) is 0 Å². The topological polar surface area (TPSA) is 0 Å². The number of unbranched alkanes of at least 4 members (excludes halogenated alkanes) is 15. The fraction of sp³-hybridized carbons (Fsp3) is 0.688. The van der Waals surface area contributed by atoms with E-state index in [0.717, 1.165) is 6.42 Å². The number of rotatable bonds is 20. The van der Waals surface area contributed by atoms with E-state index in [1.165, 1.54) is 115 Å². The molecule has 0 nitrogen and oxygen atoms in total. The van der Waals surface area contributed by atoms with Gasteiger partial charge in [0.15, 0.2) is 0 Å². The van der Waals surface area contributed by atoms with Gasteiger partial charge in [0, 0.05) is 0 Å². The Labute approximate surface area is 267 Å². The van der Waals surface area contributed by atoms with Crippen molar-refractivity contribution in [3.05, 3.63) is 52.8 Å². The largest absolute Gasteiger partial charge is 4.00 e. The van der Waals surface area contributed by atoms with Crippen LogP contribution in [-0.4, -0.2) is 9.52 Å². The van der Waals surface area contributed by atoms with Gasteiger partial charge in [-0.2, -0.15) is 5.57 Å². The summed E-state index contributed by atoms with van der Waals surface area (Å²) in [6.45, 7) is 6.95. The second kappa shape index (κ2) is 28.0. The van der Waals surface area contributed by atoms with E-state index in [-0.39, 0.29) is 68.5 Å². The second-order valence-corrected chi connectivity index (χ2v) is 12.4. The van der Waals surface area contributed by atoms with Crippen LogP contribution in [0.2, 0.25) is 0 Å². The molecule has 0 aliphatic heterocycles. The van der Waals surface area contributed by atoms with E-state index in [9.17, 15) is 0 Å². The van der Waals surface area contributed by atoms with Gasteiger partial charge in [-0.3, -0.25) is 0 Å². The van der Waals surface area contributed by atoms with Gasteiger partial charge in [0.05, 0.1) is 0 Å². The first-order valence-corrected chi connectivity index (χ1v) is 16.0. The average Bonchev–Trinajstić information content (AvgIpc) is 3.13. The smallest absolute Gasteiger partial charge is 1.00 e. The van der Waals surface area contributed by atoms with E-state index < -0.39 is 0 Å². The normalized spacial score (nSPS) is 14.6. The number of benzene rings is 1. The van der Waals surface area contributed by atoms with Crippen molar-refractivity contribution < 1.29 is 58.9 Å². The third kappa shape index (κ3) is 18.5. The van der Waals surface area contributed by atoms with Crippen molar-refractivity contribution in [3.63, 3.8) is 0 Å². The van der Waals surface area contributed by atoms with Gasteiger partial charge in [0.25, 0.3) is 0 Å². The first-order valence-electron chi connectivity index (χ1n) is 14.6. The van der Waals surface area contributed by atoms with Crippen LogP contribution in [0.1, 0.15) is 136 Å². The molecule has 1 unspecified atom stereocenters. The monoisotopic (exact) mass is 618 g/mol. The Kier molecular flexibility index (Phi) is 31.8. The van der Waals surface area contributed by atoms with E-state index in [4.69, 9.17) is 0 Å². The summed E-state index contributed by atoms with van der Waals surface area (Å²) in [5, 5.41) is 3.38. The molecule has 37 heavy (non-hydrogen) atoms. The van der Waals surface area contributed by atoms with Crippen molar-refractivity contribution in [1.29, 1.82) is 0 Å². The molecule has 2 rings (SSSR count). The first kappa shape index (κ1) is 42.0. The quantitative estimate of drug-likeness (QED) is 0.111. The summed E-state index contributed by atoms with van der Waals surface area (Å²) in [4.78, 5) is 0. The molecule has 210 valence electrons. The van der Waals surface area contributed by atoms with E-state index in [1.807, 2.05) is 0 Å². The third-order valence-corrected chi connectivity index (χ3v) is 9.80. The van der Waals surface area contributed by atoms with Gasteiger partial charge in [-0.05, 0) is 9.52 Å². The van der Waals surface area contributed by atoms with Crippen molar-refractivity contribution in [2.24, 2.45) is 5.92 Å². The molecule has 0 amide bonds. The molecule has 1 aromatic carbocycles. The molecule has 1 aliphatic carbocycles. The number of hydrogen-bond acceptors (Lipinski definition) is 0. The van der Waals surface area contributed by atoms with E-state index >= 15 is 0 Å². The summed E-state index contributed by atoms with van der Waals surface area (Å²) < 4.78 is 0. The minimum absolute atomic E-state index is 0. The van der Waals surface area contributed by atoms with Crippen molar-refractivity contribution in [3.8, 4) is 0 Å². The van der Waals surface area contributed by atoms with Gasteiger partial charge >= 0.3 is 21.7 Å². The minimum Gasteiger partial charge on any atom is -1.00 e. The number of allylic oxidation sites excluding steroid dienone is 4. The van der Waals surface area contributed by atoms with Crippen LogP contribution in [0.4, 0.5) is 0 Å². The van der Waals surface area contributed by atoms with Crippen molar-refractivity contribution in [1.82, 2.24) is 0 Å². The number of hydrogen-bond donors (Lipinski definition) is 0. The standard InChI is InChI=1S/C32H53Si.3ClH.Ti/c1-4-6-7-8-9-10-11-12-13-14-15-16-17-18-19-23-26-31-28(3)27-29(5-2)32(31)33-30-24-21-20-22-25-30;;;;/h20-22,24-25,31H,4-19,23,26,33H2,1-3H3;3*1H;/q-1;;;;+4/p-3. The molecule has 1 aromatic rings. The van der Waals surface area contributed by atoms with Crippen LogP contribution in [0.25, 0.3) is 0 Å². The Balaban J connectivity index is -0.00000289. The van der Waals surface area contributed by atoms with Crippen molar-refractivity contribution >= 4 is 14.7 Å². The predicted molar refractivity (Wildman–Crippen MR) is 152 cm³/mol. The minimum atomic E-state index is -0.343. The van der Waals surface area contributed by atoms with Crippen LogP contribution >= 0.6 is 0 Å². The van der Waals surface area contributed by atoms with Gasteiger partial charge in [-0.15, -0.1) is 0 Å². The number of halogens is 3.